The average Bonchev–Trinajstić information content (AvgIpc) is 2.14. The van der Waals surface area contributed by atoms with Crippen LogP contribution in [0.5, 0.6) is 0 Å². The first-order valence-electron chi connectivity index (χ1n) is 4.78. The zero-order chi connectivity index (χ0) is 10.6. The molecule has 0 heterocycles. The quantitative estimate of drug-likeness (QED) is 0.784. The van der Waals surface area contributed by atoms with Crippen LogP contribution in [-0.4, -0.2) is 11.2 Å². The SMILES string of the molecule is CC/C(=C/C(C)O)c1cccc(F)c1. The Bertz CT molecular complexity index is 329. The third-order valence-corrected chi connectivity index (χ3v) is 2.02. The van der Waals surface area contributed by atoms with Gasteiger partial charge in [-0.2, -0.15) is 0 Å². The lowest BCUT2D eigenvalue weighted by Crippen LogP contribution is -1.96. The van der Waals surface area contributed by atoms with E-state index in [0.717, 1.165) is 17.6 Å². The molecule has 1 atom stereocenters. The summed E-state index contributed by atoms with van der Waals surface area (Å²) >= 11 is 0. The van der Waals surface area contributed by atoms with Crippen LogP contribution in [0.3, 0.4) is 0 Å². The Hall–Kier alpha value is -1.15. The third kappa shape index (κ3) is 2.96. The first-order valence-corrected chi connectivity index (χ1v) is 4.78. The highest BCUT2D eigenvalue weighted by molar-refractivity contribution is 5.65. The van der Waals surface area contributed by atoms with Gasteiger partial charge >= 0.3 is 0 Å². The second kappa shape index (κ2) is 4.91. The van der Waals surface area contributed by atoms with E-state index in [1.165, 1.54) is 12.1 Å². The van der Waals surface area contributed by atoms with Crippen molar-refractivity contribution < 1.29 is 9.50 Å². The van der Waals surface area contributed by atoms with Crippen LogP contribution in [-0.2, 0) is 0 Å². The fourth-order valence-corrected chi connectivity index (χ4v) is 1.40. The molecule has 0 amide bonds. The van der Waals surface area contributed by atoms with Crippen molar-refractivity contribution in [3.8, 4) is 0 Å². The second-order valence-electron chi connectivity index (χ2n) is 3.30. The lowest BCUT2D eigenvalue weighted by atomic mass is 10.0. The summed E-state index contributed by atoms with van der Waals surface area (Å²) in [6.45, 7) is 3.67. The number of aliphatic hydroxyl groups is 1. The molecule has 1 rings (SSSR count). The molecule has 0 fully saturated rings. The lowest BCUT2D eigenvalue weighted by Gasteiger charge is -2.06. The Labute approximate surface area is 83.9 Å². The molecule has 1 N–H and O–H groups in total. The van der Waals surface area contributed by atoms with E-state index < -0.39 is 6.10 Å². The maximum absolute atomic E-state index is 12.9. The average molecular weight is 194 g/mol. The minimum absolute atomic E-state index is 0.243. The summed E-state index contributed by atoms with van der Waals surface area (Å²) < 4.78 is 12.9. The van der Waals surface area contributed by atoms with Crippen molar-refractivity contribution in [1.29, 1.82) is 0 Å². The first kappa shape index (κ1) is 10.9. The van der Waals surface area contributed by atoms with Gasteiger partial charge in [0, 0.05) is 0 Å². The van der Waals surface area contributed by atoms with Crippen LogP contribution in [0, 0.1) is 5.82 Å². The molecule has 0 saturated carbocycles. The van der Waals surface area contributed by atoms with Crippen LogP contribution in [0.25, 0.3) is 5.57 Å². The largest absolute Gasteiger partial charge is 0.389 e. The van der Waals surface area contributed by atoms with E-state index in [2.05, 4.69) is 0 Å². The normalized spacial score (nSPS) is 14.1. The van der Waals surface area contributed by atoms with Gasteiger partial charge in [0.15, 0.2) is 0 Å². The maximum atomic E-state index is 12.9. The van der Waals surface area contributed by atoms with E-state index in [9.17, 15) is 9.50 Å². The molecule has 2 heteroatoms. The van der Waals surface area contributed by atoms with Gasteiger partial charge in [0.25, 0.3) is 0 Å². The molecule has 0 aliphatic heterocycles. The van der Waals surface area contributed by atoms with E-state index >= 15 is 0 Å². The summed E-state index contributed by atoms with van der Waals surface area (Å²) in [6.07, 6.45) is 2.04. The molecule has 0 aliphatic carbocycles. The van der Waals surface area contributed by atoms with Crippen molar-refractivity contribution >= 4 is 5.57 Å². The van der Waals surface area contributed by atoms with Gasteiger partial charge in [-0.15, -0.1) is 0 Å². The first-order chi connectivity index (χ1) is 6.63. The van der Waals surface area contributed by atoms with Gasteiger partial charge in [-0.05, 0) is 36.6 Å². The van der Waals surface area contributed by atoms with Gasteiger partial charge in [0.2, 0.25) is 0 Å². The van der Waals surface area contributed by atoms with Crippen molar-refractivity contribution in [3.63, 3.8) is 0 Å². The van der Waals surface area contributed by atoms with Gasteiger partial charge < -0.3 is 5.11 Å². The number of allylic oxidation sites excluding steroid dienone is 1. The lowest BCUT2D eigenvalue weighted by molar-refractivity contribution is 0.244. The van der Waals surface area contributed by atoms with Crippen molar-refractivity contribution in [2.75, 3.05) is 0 Å². The predicted molar refractivity (Wildman–Crippen MR) is 56.3 cm³/mol. The van der Waals surface area contributed by atoms with Crippen LogP contribution in [0.4, 0.5) is 4.39 Å². The molecule has 0 spiro atoms. The summed E-state index contributed by atoms with van der Waals surface area (Å²) in [7, 11) is 0. The van der Waals surface area contributed by atoms with E-state index in [1.807, 2.05) is 13.0 Å². The highest BCUT2D eigenvalue weighted by atomic mass is 19.1. The number of aliphatic hydroxyl groups excluding tert-OH is 1. The molecule has 0 aliphatic rings. The minimum Gasteiger partial charge on any atom is -0.389 e. The molecular formula is C12H15FO. The molecular weight excluding hydrogens is 179 g/mol. The molecule has 0 aromatic heterocycles. The van der Waals surface area contributed by atoms with Crippen molar-refractivity contribution in [2.24, 2.45) is 0 Å². The number of halogens is 1. The molecule has 14 heavy (non-hydrogen) atoms. The zero-order valence-electron chi connectivity index (χ0n) is 8.50. The maximum Gasteiger partial charge on any atom is 0.123 e. The molecule has 76 valence electrons. The van der Waals surface area contributed by atoms with E-state index in [1.54, 1.807) is 19.1 Å². The Morgan fingerprint density at radius 1 is 1.57 bits per heavy atom. The Morgan fingerprint density at radius 2 is 2.29 bits per heavy atom. The molecule has 1 aromatic rings. The van der Waals surface area contributed by atoms with Crippen LogP contribution in [0.1, 0.15) is 25.8 Å². The number of hydrogen-bond acceptors (Lipinski definition) is 1. The van der Waals surface area contributed by atoms with Gasteiger partial charge in [-0.3, -0.25) is 0 Å². The Morgan fingerprint density at radius 3 is 2.79 bits per heavy atom. The Kier molecular flexibility index (Phi) is 3.84. The fraction of sp³-hybridized carbons (Fsp3) is 0.333. The summed E-state index contributed by atoms with van der Waals surface area (Å²) in [5.41, 5.74) is 1.81. The molecule has 0 radical (unpaired) electrons. The van der Waals surface area contributed by atoms with E-state index in [0.29, 0.717) is 0 Å². The molecule has 0 bridgehead atoms. The van der Waals surface area contributed by atoms with Crippen LogP contribution < -0.4 is 0 Å². The predicted octanol–water partition coefficient (Wildman–Crippen LogP) is 3.00. The smallest absolute Gasteiger partial charge is 0.123 e. The Balaban J connectivity index is 3.01. The van der Waals surface area contributed by atoms with Crippen molar-refractivity contribution in [1.82, 2.24) is 0 Å². The highest BCUT2D eigenvalue weighted by Crippen LogP contribution is 2.19. The number of rotatable bonds is 3. The van der Waals surface area contributed by atoms with Gasteiger partial charge in [-0.25, -0.2) is 4.39 Å². The molecule has 1 nitrogen and oxygen atoms in total. The summed E-state index contributed by atoms with van der Waals surface area (Å²) in [5.74, 6) is -0.243. The molecule has 1 aromatic carbocycles. The molecule has 1 unspecified atom stereocenters. The monoisotopic (exact) mass is 194 g/mol. The van der Waals surface area contributed by atoms with Gasteiger partial charge in [0.1, 0.15) is 5.82 Å². The van der Waals surface area contributed by atoms with Crippen LogP contribution in [0.15, 0.2) is 30.3 Å². The summed E-state index contributed by atoms with van der Waals surface area (Å²) in [5, 5.41) is 9.21. The fourth-order valence-electron chi connectivity index (χ4n) is 1.40. The summed E-state index contributed by atoms with van der Waals surface area (Å²) in [4.78, 5) is 0. The summed E-state index contributed by atoms with van der Waals surface area (Å²) in [6, 6.07) is 6.42. The number of benzene rings is 1. The topological polar surface area (TPSA) is 20.2 Å². The zero-order valence-corrected chi connectivity index (χ0v) is 8.50. The van der Waals surface area contributed by atoms with Crippen molar-refractivity contribution in [2.45, 2.75) is 26.4 Å². The highest BCUT2D eigenvalue weighted by Gasteiger charge is 2.01. The van der Waals surface area contributed by atoms with E-state index in [4.69, 9.17) is 0 Å². The minimum atomic E-state index is -0.492. The molecule has 0 saturated heterocycles. The van der Waals surface area contributed by atoms with Crippen molar-refractivity contribution in [3.05, 3.63) is 41.7 Å². The van der Waals surface area contributed by atoms with Crippen LogP contribution in [0.2, 0.25) is 0 Å². The van der Waals surface area contributed by atoms with Gasteiger partial charge in [0.05, 0.1) is 6.10 Å². The second-order valence-corrected chi connectivity index (χ2v) is 3.30. The third-order valence-electron chi connectivity index (χ3n) is 2.02. The van der Waals surface area contributed by atoms with Crippen LogP contribution >= 0.6 is 0 Å². The number of hydrogen-bond donors (Lipinski definition) is 1. The van der Waals surface area contributed by atoms with E-state index in [-0.39, 0.29) is 5.82 Å². The van der Waals surface area contributed by atoms with Gasteiger partial charge in [-0.1, -0.05) is 25.1 Å². The standard InChI is InChI=1S/C12H15FO/c1-3-10(7-9(2)14)11-5-4-6-12(13)8-11/h4-9,14H,3H2,1-2H3/b10-7-.